The first-order valence-corrected chi connectivity index (χ1v) is 8.32. The van der Waals surface area contributed by atoms with E-state index in [1.54, 1.807) is 30.3 Å². The Labute approximate surface area is 150 Å². The molecule has 0 aliphatic carbocycles. The number of aromatic nitrogens is 2. The van der Waals surface area contributed by atoms with Crippen LogP contribution in [0, 0.1) is 5.82 Å². The molecule has 1 atom stereocenters. The van der Waals surface area contributed by atoms with Gasteiger partial charge in [0.2, 0.25) is 5.82 Å². The van der Waals surface area contributed by atoms with Gasteiger partial charge in [-0.25, -0.2) is 9.18 Å². The predicted molar refractivity (Wildman–Crippen MR) is 97.0 cm³/mol. The number of carbonyl (C=O) groups excluding carboxylic acids is 1. The summed E-state index contributed by atoms with van der Waals surface area (Å²) in [5.41, 5.74) is 1.95. The first kappa shape index (κ1) is 17.6. The van der Waals surface area contributed by atoms with E-state index in [9.17, 15) is 9.18 Å². The average Bonchev–Trinajstić information content (AvgIpc) is 3.12. The van der Waals surface area contributed by atoms with E-state index in [0.29, 0.717) is 28.5 Å². The van der Waals surface area contributed by atoms with E-state index in [2.05, 4.69) is 20.8 Å². The molecular formula is C19H19FN4O2. The Morgan fingerprint density at radius 3 is 2.69 bits per heavy atom. The molecule has 134 valence electrons. The van der Waals surface area contributed by atoms with Crippen LogP contribution < -0.4 is 10.6 Å². The van der Waals surface area contributed by atoms with Gasteiger partial charge in [-0.3, -0.25) is 0 Å². The number of nitrogens with one attached hydrogen (secondary N) is 2. The van der Waals surface area contributed by atoms with Gasteiger partial charge in [-0.05, 0) is 49.7 Å². The molecule has 0 spiro atoms. The number of hydrogen-bond acceptors (Lipinski definition) is 4. The Kier molecular flexibility index (Phi) is 5.26. The van der Waals surface area contributed by atoms with E-state index in [0.717, 1.165) is 6.42 Å². The molecule has 0 saturated carbocycles. The van der Waals surface area contributed by atoms with Gasteiger partial charge in [-0.2, -0.15) is 4.98 Å². The van der Waals surface area contributed by atoms with Crippen LogP contribution in [0.2, 0.25) is 0 Å². The number of hydrogen-bond donors (Lipinski definition) is 2. The van der Waals surface area contributed by atoms with Gasteiger partial charge in [-0.1, -0.05) is 24.2 Å². The van der Waals surface area contributed by atoms with Crippen LogP contribution >= 0.6 is 0 Å². The van der Waals surface area contributed by atoms with Crippen molar-refractivity contribution in [2.45, 2.75) is 26.3 Å². The van der Waals surface area contributed by atoms with Crippen LogP contribution in [-0.2, 0) is 0 Å². The van der Waals surface area contributed by atoms with Crippen molar-refractivity contribution >= 4 is 11.7 Å². The highest BCUT2D eigenvalue weighted by Gasteiger charge is 2.12. The van der Waals surface area contributed by atoms with Crippen LogP contribution in [0.15, 0.2) is 53.1 Å². The molecule has 1 aromatic heterocycles. The highest BCUT2D eigenvalue weighted by atomic mass is 19.1. The lowest BCUT2D eigenvalue weighted by Crippen LogP contribution is -2.35. The van der Waals surface area contributed by atoms with Crippen LogP contribution in [0.3, 0.4) is 0 Å². The first-order valence-electron chi connectivity index (χ1n) is 8.32. The summed E-state index contributed by atoms with van der Waals surface area (Å²) in [6.45, 7) is 3.94. The predicted octanol–water partition coefficient (Wildman–Crippen LogP) is 4.46. The normalized spacial score (nSPS) is 11.8. The number of halogens is 1. The van der Waals surface area contributed by atoms with Crippen LogP contribution in [-0.4, -0.2) is 22.2 Å². The van der Waals surface area contributed by atoms with Gasteiger partial charge in [0.05, 0.1) is 0 Å². The third-order valence-corrected chi connectivity index (χ3v) is 3.89. The summed E-state index contributed by atoms with van der Waals surface area (Å²) in [5, 5.41) is 9.58. The lowest BCUT2D eigenvalue weighted by Gasteiger charge is -2.12. The Hall–Kier alpha value is -3.22. The quantitative estimate of drug-likeness (QED) is 0.709. The summed E-state index contributed by atoms with van der Waals surface area (Å²) in [6, 6.07) is 12.8. The van der Waals surface area contributed by atoms with Gasteiger partial charge >= 0.3 is 6.03 Å². The number of anilines is 1. The summed E-state index contributed by atoms with van der Waals surface area (Å²) >= 11 is 0. The Morgan fingerprint density at radius 2 is 1.96 bits per heavy atom. The minimum atomic E-state index is -0.331. The standard InChI is InChI=1S/C19H19FN4O2/c1-3-12(2)21-19(25)22-16-6-4-5-14(11-16)17-23-18(26-24-17)13-7-9-15(20)10-8-13/h4-12H,3H2,1-2H3,(H2,21,22,25)/t12-/m1/s1. The Morgan fingerprint density at radius 1 is 1.19 bits per heavy atom. The fraction of sp³-hybridized carbons (Fsp3) is 0.211. The topological polar surface area (TPSA) is 80.0 Å². The molecule has 0 aliphatic heterocycles. The Bertz CT molecular complexity index is 893. The maximum atomic E-state index is 13.0. The number of carbonyl (C=O) groups is 1. The van der Waals surface area contributed by atoms with Gasteiger partial charge in [0.15, 0.2) is 0 Å². The van der Waals surface area contributed by atoms with E-state index < -0.39 is 0 Å². The fourth-order valence-corrected chi connectivity index (χ4v) is 2.28. The van der Waals surface area contributed by atoms with Crippen LogP contribution in [0.25, 0.3) is 22.8 Å². The monoisotopic (exact) mass is 354 g/mol. The van der Waals surface area contributed by atoms with Crippen molar-refractivity contribution < 1.29 is 13.7 Å². The van der Waals surface area contributed by atoms with E-state index in [1.807, 2.05) is 19.9 Å². The largest absolute Gasteiger partial charge is 0.335 e. The molecule has 0 radical (unpaired) electrons. The number of nitrogens with zero attached hydrogens (tertiary/aromatic N) is 2. The maximum absolute atomic E-state index is 13.0. The molecule has 0 bridgehead atoms. The molecule has 0 saturated heterocycles. The van der Waals surface area contributed by atoms with E-state index >= 15 is 0 Å². The molecule has 6 nitrogen and oxygen atoms in total. The van der Waals surface area contributed by atoms with Gasteiger partial charge in [-0.15, -0.1) is 0 Å². The van der Waals surface area contributed by atoms with Gasteiger partial charge in [0.25, 0.3) is 5.89 Å². The summed E-state index contributed by atoms with van der Waals surface area (Å²) in [7, 11) is 0. The number of amides is 2. The van der Waals surface area contributed by atoms with Crippen molar-refractivity contribution in [2.75, 3.05) is 5.32 Å². The molecule has 7 heteroatoms. The van der Waals surface area contributed by atoms with Crippen molar-refractivity contribution in [2.24, 2.45) is 0 Å². The molecule has 1 heterocycles. The number of rotatable bonds is 5. The minimum absolute atomic E-state index is 0.0913. The zero-order valence-electron chi connectivity index (χ0n) is 14.5. The first-order chi connectivity index (χ1) is 12.5. The van der Waals surface area contributed by atoms with Crippen molar-refractivity contribution in [3.8, 4) is 22.8 Å². The molecule has 0 aliphatic rings. The third kappa shape index (κ3) is 4.24. The summed E-state index contributed by atoms with van der Waals surface area (Å²) in [6.07, 6.45) is 0.850. The highest BCUT2D eigenvalue weighted by molar-refractivity contribution is 5.90. The lowest BCUT2D eigenvalue weighted by atomic mass is 10.2. The summed E-state index contributed by atoms with van der Waals surface area (Å²) in [4.78, 5) is 16.3. The van der Waals surface area contributed by atoms with Crippen molar-refractivity contribution in [3.05, 3.63) is 54.3 Å². The van der Waals surface area contributed by atoms with Crippen molar-refractivity contribution in [3.63, 3.8) is 0 Å². The average molecular weight is 354 g/mol. The maximum Gasteiger partial charge on any atom is 0.319 e. The smallest absolute Gasteiger partial charge is 0.319 e. The van der Waals surface area contributed by atoms with Gasteiger partial charge in [0.1, 0.15) is 5.82 Å². The van der Waals surface area contributed by atoms with Crippen LogP contribution in [0.1, 0.15) is 20.3 Å². The molecular weight excluding hydrogens is 335 g/mol. The van der Waals surface area contributed by atoms with Crippen LogP contribution in [0.4, 0.5) is 14.9 Å². The second-order valence-corrected chi connectivity index (χ2v) is 5.92. The molecule has 3 rings (SSSR count). The van der Waals surface area contributed by atoms with Gasteiger partial charge < -0.3 is 15.2 Å². The molecule has 0 unspecified atom stereocenters. The zero-order chi connectivity index (χ0) is 18.5. The summed E-state index contributed by atoms with van der Waals surface area (Å²) in [5.74, 6) is 0.353. The zero-order valence-corrected chi connectivity index (χ0v) is 14.5. The molecule has 26 heavy (non-hydrogen) atoms. The van der Waals surface area contributed by atoms with Crippen molar-refractivity contribution in [1.82, 2.24) is 15.5 Å². The highest BCUT2D eigenvalue weighted by Crippen LogP contribution is 2.24. The van der Waals surface area contributed by atoms with Crippen LogP contribution in [0.5, 0.6) is 0 Å². The fourth-order valence-electron chi connectivity index (χ4n) is 2.28. The Balaban J connectivity index is 1.76. The lowest BCUT2D eigenvalue weighted by molar-refractivity contribution is 0.249. The number of benzene rings is 2. The molecule has 3 aromatic rings. The van der Waals surface area contributed by atoms with Gasteiger partial charge in [0, 0.05) is 22.9 Å². The van der Waals surface area contributed by atoms with E-state index in [1.165, 1.54) is 12.1 Å². The summed E-state index contributed by atoms with van der Waals surface area (Å²) < 4.78 is 18.3. The van der Waals surface area contributed by atoms with Crippen molar-refractivity contribution in [1.29, 1.82) is 0 Å². The SMILES string of the molecule is CC[C@@H](C)NC(=O)Nc1cccc(-c2noc(-c3ccc(F)cc3)n2)c1. The second kappa shape index (κ2) is 7.77. The van der Waals surface area contributed by atoms with E-state index in [-0.39, 0.29) is 17.9 Å². The second-order valence-electron chi connectivity index (χ2n) is 5.92. The molecule has 2 N–H and O–H groups in total. The third-order valence-electron chi connectivity index (χ3n) is 3.89. The molecule has 0 fully saturated rings. The minimum Gasteiger partial charge on any atom is -0.335 e. The molecule has 2 aromatic carbocycles. The molecule has 2 amide bonds. The number of urea groups is 1. The van der Waals surface area contributed by atoms with E-state index in [4.69, 9.17) is 4.52 Å².